The molecule has 1 aromatic heterocycles. The predicted molar refractivity (Wildman–Crippen MR) is 107 cm³/mol. The lowest BCUT2D eigenvalue weighted by atomic mass is 9.90. The van der Waals surface area contributed by atoms with Crippen LogP contribution in [-0.4, -0.2) is 25.7 Å². The number of anilines is 1. The summed E-state index contributed by atoms with van der Waals surface area (Å²) < 4.78 is 5.15. The van der Waals surface area contributed by atoms with E-state index in [0.29, 0.717) is 34.5 Å². The first-order valence-corrected chi connectivity index (χ1v) is 10.3. The fourth-order valence-corrected chi connectivity index (χ4v) is 4.73. The first-order chi connectivity index (χ1) is 13.1. The molecule has 142 valence electrons. The number of esters is 1. The van der Waals surface area contributed by atoms with Crippen LogP contribution >= 0.6 is 11.3 Å². The fraction of sp³-hybridized carbons (Fsp3) is 0.429. The fourth-order valence-electron chi connectivity index (χ4n) is 3.80. The number of ether oxygens (including phenoxy) is 1. The zero-order chi connectivity index (χ0) is 19.2. The summed E-state index contributed by atoms with van der Waals surface area (Å²) in [4.78, 5) is 14.2. The van der Waals surface area contributed by atoms with Crippen LogP contribution in [0, 0.1) is 17.2 Å². The maximum atomic E-state index is 12.3. The summed E-state index contributed by atoms with van der Waals surface area (Å²) in [6, 6.07) is 12.8. The Kier molecular flexibility index (Phi) is 6.49. The summed E-state index contributed by atoms with van der Waals surface area (Å²) in [6.45, 7) is 4.84. The molecule has 1 aliphatic heterocycles. The van der Waals surface area contributed by atoms with Crippen LogP contribution in [0.1, 0.15) is 46.1 Å². The van der Waals surface area contributed by atoms with E-state index in [1.807, 2.05) is 0 Å². The first kappa shape index (κ1) is 19.4. The summed E-state index contributed by atoms with van der Waals surface area (Å²) in [5, 5.41) is 9.89. The van der Waals surface area contributed by atoms with Crippen molar-refractivity contribution in [2.45, 2.75) is 32.7 Å². The van der Waals surface area contributed by atoms with E-state index in [9.17, 15) is 10.1 Å². The number of hydrogen-bond donors (Lipinski definition) is 2. The molecule has 2 heterocycles. The molecule has 0 radical (unpaired) electrons. The van der Waals surface area contributed by atoms with Gasteiger partial charge < -0.3 is 15.4 Å². The maximum Gasteiger partial charge on any atom is 0.348 e. The minimum Gasteiger partial charge on any atom is -0.462 e. The molecule has 1 saturated heterocycles. The van der Waals surface area contributed by atoms with Crippen LogP contribution in [0.3, 0.4) is 0 Å². The molecule has 0 saturated carbocycles. The number of nitrogens with zero attached hydrogens (tertiary/aromatic N) is 1. The molecule has 0 atom stereocenters. The van der Waals surface area contributed by atoms with Gasteiger partial charge in [-0.25, -0.2) is 4.79 Å². The number of hydrogen-bond acceptors (Lipinski definition) is 5. The molecule has 6 heteroatoms. The van der Waals surface area contributed by atoms with Crippen molar-refractivity contribution in [3.05, 3.63) is 51.9 Å². The van der Waals surface area contributed by atoms with Gasteiger partial charge in [-0.15, -0.1) is 11.3 Å². The number of likely N-dealkylation sites (tertiary alicyclic amines) is 1. The SMILES string of the molecule is CCOC(=O)c1sc(N)c(C#N)c1C[NH+]1CCC(Cc2ccccc2)CC1. The van der Waals surface area contributed by atoms with Crippen molar-refractivity contribution in [2.75, 3.05) is 25.4 Å². The molecule has 27 heavy (non-hydrogen) atoms. The van der Waals surface area contributed by atoms with Crippen LogP contribution < -0.4 is 10.6 Å². The van der Waals surface area contributed by atoms with Crippen molar-refractivity contribution in [2.24, 2.45) is 5.92 Å². The summed E-state index contributed by atoms with van der Waals surface area (Å²) in [5.74, 6) is 0.327. The number of carbonyl (C=O) groups excluding carboxylic acids is 1. The van der Waals surface area contributed by atoms with Crippen molar-refractivity contribution in [3.8, 4) is 6.07 Å². The second-order valence-electron chi connectivity index (χ2n) is 7.04. The number of nitrogen functional groups attached to an aromatic ring is 1. The molecule has 3 N–H and O–H groups in total. The van der Waals surface area contributed by atoms with Crippen molar-refractivity contribution in [1.29, 1.82) is 5.26 Å². The molecule has 0 amide bonds. The van der Waals surface area contributed by atoms with E-state index in [1.54, 1.807) is 6.92 Å². The van der Waals surface area contributed by atoms with Crippen molar-refractivity contribution >= 4 is 22.3 Å². The van der Waals surface area contributed by atoms with Crippen LogP contribution in [0.15, 0.2) is 30.3 Å². The van der Waals surface area contributed by atoms with Gasteiger partial charge in [0, 0.05) is 0 Å². The topological polar surface area (TPSA) is 80.5 Å². The lowest BCUT2D eigenvalue weighted by molar-refractivity contribution is -0.919. The van der Waals surface area contributed by atoms with E-state index >= 15 is 0 Å². The molecule has 0 aliphatic carbocycles. The van der Waals surface area contributed by atoms with Crippen LogP contribution in [0.5, 0.6) is 0 Å². The highest BCUT2D eigenvalue weighted by molar-refractivity contribution is 7.18. The summed E-state index contributed by atoms with van der Waals surface area (Å²) in [7, 11) is 0. The average molecular weight is 385 g/mol. The Hall–Kier alpha value is -2.36. The average Bonchev–Trinajstić information content (AvgIpc) is 2.99. The number of thiophene rings is 1. The Labute approximate surface area is 164 Å². The van der Waals surface area contributed by atoms with Gasteiger partial charge in [0.25, 0.3) is 0 Å². The lowest BCUT2D eigenvalue weighted by Crippen LogP contribution is -3.11. The highest BCUT2D eigenvalue weighted by Gasteiger charge is 2.28. The highest BCUT2D eigenvalue weighted by Crippen LogP contribution is 2.31. The number of nitrogens with one attached hydrogen (secondary N) is 1. The molecule has 0 spiro atoms. The van der Waals surface area contributed by atoms with E-state index < -0.39 is 0 Å². The highest BCUT2D eigenvalue weighted by atomic mass is 32.1. The number of nitrogens with two attached hydrogens (primary N) is 1. The molecule has 2 aromatic rings. The Morgan fingerprint density at radius 3 is 2.67 bits per heavy atom. The van der Waals surface area contributed by atoms with Crippen LogP contribution in [0.4, 0.5) is 5.00 Å². The number of quaternary nitrogens is 1. The number of rotatable bonds is 6. The Morgan fingerprint density at radius 2 is 2.04 bits per heavy atom. The third kappa shape index (κ3) is 4.68. The van der Waals surface area contributed by atoms with Gasteiger partial charge in [-0.2, -0.15) is 5.26 Å². The van der Waals surface area contributed by atoms with Crippen LogP contribution in [0.25, 0.3) is 0 Å². The van der Waals surface area contributed by atoms with Gasteiger partial charge in [0.05, 0.1) is 30.8 Å². The largest absolute Gasteiger partial charge is 0.462 e. The Balaban J connectivity index is 1.65. The third-order valence-electron chi connectivity index (χ3n) is 5.21. The summed E-state index contributed by atoms with van der Waals surface area (Å²) in [6.07, 6.45) is 3.43. The number of carbonyl (C=O) groups is 1. The van der Waals surface area contributed by atoms with E-state index in [2.05, 4.69) is 36.4 Å². The van der Waals surface area contributed by atoms with E-state index in [-0.39, 0.29) is 5.97 Å². The van der Waals surface area contributed by atoms with E-state index in [4.69, 9.17) is 10.5 Å². The Bertz CT molecular complexity index is 818. The maximum absolute atomic E-state index is 12.3. The second kappa shape index (κ2) is 9.03. The number of nitriles is 1. The molecular weight excluding hydrogens is 358 g/mol. The van der Waals surface area contributed by atoms with Gasteiger partial charge in [0.15, 0.2) is 0 Å². The van der Waals surface area contributed by atoms with Gasteiger partial charge in [-0.1, -0.05) is 30.3 Å². The van der Waals surface area contributed by atoms with Crippen molar-refractivity contribution in [1.82, 2.24) is 0 Å². The lowest BCUT2D eigenvalue weighted by Gasteiger charge is -2.29. The normalized spacial score (nSPS) is 19.4. The Morgan fingerprint density at radius 1 is 1.33 bits per heavy atom. The van der Waals surface area contributed by atoms with Crippen LogP contribution in [-0.2, 0) is 17.7 Å². The van der Waals surface area contributed by atoms with E-state index in [0.717, 1.165) is 37.9 Å². The predicted octanol–water partition coefficient (Wildman–Crippen LogP) is 2.42. The van der Waals surface area contributed by atoms with Gasteiger partial charge in [0.1, 0.15) is 22.5 Å². The minimum absolute atomic E-state index is 0.315. The van der Waals surface area contributed by atoms with Crippen molar-refractivity contribution in [3.63, 3.8) is 0 Å². The molecule has 3 rings (SSSR count). The molecule has 5 nitrogen and oxygen atoms in total. The van der Waals surface area contributed by atoms with Gasteiger partial charge in [-0.3, -0.25) is 0 Å². The zero-order valence-electron chi connectivity index (χ0n) is 15.7. The smallest absolute Gasteiger partial charge is 0.348 e. The minimum atomic E-state index is -0.371. The van der Waals surface area contributed by atoms with Gasteiger partial charge in [-0.05, 0) is 37.7 Å². The quantitative estimate of drug-likeness (QED) is 0.750. The van der Waals surface area contributed by atoms with Gasteiger partial charge in [0.2, 0.25) is 0 Å². The molecule has 0 unspecified atom stereocenters. The van der Waals surface area contributed by atoms with Gasteiger partial charge >= 0.3 is 5.97 Å². The monoisotopic (exact) mass is 384 g/mol. The molecule has 1 aliphatic rings. The second-order valence-corrected chi connectivity index (χ2v) is 8.09. The molecular formula is C21H26N3O2S+. The molecule has 0 bridgehead atoms. The number of benzene rings is 1. The van der Waals surface area contributed by atoms with Crippen LogP contribution in [0.2, 0.25) is 0 Å². The summed E-state index contributed by atoms with van der Waals surface area (Å²) in [5.41, 5.74) is 8.58. The first-order valence-electron chi connectivity index (χ1n) is 9.48. The number of piperidine rings is 1. The summed E-state index contributed by atoms with van der Waals surface area (Å²) >= 11 is 1.17. The third-order valence-corrected chi connectivity index (χ3v) is 6.25. The molecule has 1 fully saturated rings. The zero-order valence-corrected chi connectivity index (χ0v) is 16.5. The molecule has 1 aromatic carbocycles. The van der Waals surface area contributed by atoms with E-state index in [1.165, 1.54) is 21.8 Å². The van der Waals surface area contributed by atoms with Crippen molar-refractivity contribution < 1.29 is 14.4 Å². The standard InChI is InChI=1S/C21H25N3O2S/c1-2-26-21(25)19-18(17(13-22)20(23)27-19)14-24-10-8-16(9-11-24)12-15-6-4-3-5-7-15/h3-7,16H,2,8-12,14,23H2,1H3/p+1.